The highest BCUT2D eigenvalue weighted by molar-refractivity contribution is 7.99. The first-order chi connectivity index (χ1) is 13.3. The van der Waals surface area contributed by atoms with Crippen LogP contribution in [0, 0.1) is 20.8 Å². The van der Waals surface area contributed by atoms with Crippen LogP contribution in [-0.2, 0) is 11.3 Å². The number of amides is 2. The van der Waals surface area contributed by atoms with Gasteiger partial charge in [0.05, 0.1) is 0 Å². The van der Waals surface area contributed by atoms with Crippen LogP contribution in [0.15, 0.2) is 29.1 Å². The molecule has 8 heteroatoms. The molecule has 1 saturated heterocycles. The molecule has 148 valence electrons. The van der Waals surface area contributed by atoms with E-state index in [2.05, 4.69) is 15.6 Å². The van der Waals surface area contributed by atoms with Crippen molar-refractivity contribution in [3.8, 4) is 0 Å². The number of rotatable bonds is 5. The largest absolute Gasteiger partial charge is 0.348 e. The summed E-state index contributed by atoms with van der Waals surface area (Å²) in [5, 5.41) is 5.84. The topological polar surface area (TPSA) is 93.1 Å². The summed E-state index contributed by atoms with van der Waals surface area (Å²) in [6, 6.07) is 7.18. The van der Waals surface area contributed by atoms with Gasteiger partial charge in [-0.1, -0.05) is 6.07 Å². The molecule has 2 aromatic rings. The zero-order valence-electron chi connectivity index (χ0n) is 16.2. The van der Waals surface area contributed by atoms with Crippen LogP contribution < -0.4 is 16.3 Å². The number of carbonyl (C=O) groups is 2. The molecule has 1 fully saturated rings. The van der Waals surface area contributed by atoms with Crippen molar-refractivity contribution >= 4 is 29.3 Å². The van der Waals surface area contributed by atoms with E-state index < -0.39 is 5.69 Å². The number of thioether (sulfide) groups is 1. The molecule has 1 aromatic heterocycles. The monoisotopic (exact) mass is 400 g/mol. The number of aromatic nitrogens is 2. The van der Waals surface area contributed by atoms with Crippen molar-refractivity contribution in [3.63, 3.8) is 0 Å². The Morgan fingerprint density at radius 3 is 2.71 bits per heavy atom. The van der Waals surface area contributed by atoms with E-state index in [0.29, 0.717) is 22.6 Å². The second-order valence-corrected chi connectivity index (χ2v) is 8.17. The van der Waals surface area contributed by atoms with E-state index >= 15 is 0 Å². The molecule has 0 spiro atoms. The van der Waals surface area contributed by atoms with Gasteiger partial charge in [-0.05, 0) is 56.7 Å². The van der Waals surface area contributed by atoms with Crippen LogP contribution in [0.1, 0.15) is 33.7 Å². The molecule has 2 N–H and O–H groups in total. The zero-order valence-corrected chi connectivity index (χ0v) is 17.1. The predicted molar refractivity (Wildman–Crippen MR) is 111 cm³/mol. The minimum absolute atomic E-state index is 0.132. The molecular formula is C20H24N4O3S. The standard InChI is InChI=1S/C20H24N4O3S/c1-12-4-5-15(19(26)22-16-6-7-28-11-16)9-17(12)23-18(25)10-24-14(3)8-13(2)21-20(24)27/h4-5,8-9,16H,6-7,10-11H2,1-3H3,(H,22,26)(H,23,25). The fourth-order valence-electron chi connectivity index (χ4n) is 3.12. The lowest BCUT2D eigenvalue weighted by Gasteiger charge is -2.14. The van der Waals surface area contributed by atoms with E-state index in [-0.39, 0.29) is 24.4 Å². The van der Waals surface area contributed by atoms with E-state index in [0.717, 1.165) is 23.5 Å². The third-order valence-electron chi connectivity index (χ3n) is 4.69. The lowest BCUT2D eigenvalue weighted by atomic mass is 10.1. The maximum absolute atomic E-state index is 12.5. The van der Waals surface area contributed by atoms with Gasteiger partial charge in [-0.3, -0.25) is 14.2 Å². The zero-order chi connectivity index (χ0) is 20.3. The molecule has 28 heavy (non-hydrogen) atoms. The lowest BCUT2D eigenvalue weighted by Crippen LogP contribution is -2.34. The summed E-state index contributed by atoms with van der Waals surface area (Å²) < 4.78 is 1.33. The molecular weight excluding hydrogens is 376 g/mol. The number of benzene rings is 1. The molecule has 7 nitrogen and oxygen atoms in total. The van der Waals surface area contributed by atoms with E-state index in [9.17, 15) is 14.4 Å². The smallest absolute Gasteiger partial charge is 0.348 e. The molecule has 1 aromatic carbocycles. The third-order valence-corrected chi connectivity index (χ3v) is 5.85. The SMILES string of the molecule is Cc1cc(C)n(CC(=O)Nc2cc(C(=O)NC3CCSC3)ccc2C)c(=O)n1. The maximum Gasteiger partial charge on any atom is 0.348 e. The van der Waals surface area contributed by atoms with Crippen LogP contribution in [0.3, 0.4) is 0 Å². The van der Waals surface area contributed by atoms with Gasteiger partial charge in [0.1, 0.15) is 6.54 Å². The van der Waals surface area contributed by atoms with Crippen LogP contribution in [0.5, 0.6) is 0 Å². The van der Waals surface area contributed by atoms with Gasteiger partial charge in [0.2, 0.25) is 5.91 Å². The van der Waals surface area contributed by atoms with Crippen LogP contribution >= 0.6 is 11.8 Å². The van der Waals surface area contributed by atoms with Crippen molar-refractivity contribution in [2.24, 2.45) is 0 Å². The number of hydrogen-bond donors (Lipinski definition) is 2. The molecule has 2 heterocycles. The third kappa shape index (κ3) is 4.81. The molecule has 0 bridgehead atoms. The predicted octanol–water partition coefficient (Wildman–Crippen LogP) is 2.04. The van der Waals surface area contributed by atoms with Crippen LogP contribution in [0.25, 0.3) is 0 Å². The summed E-state index contributed by atoms with van der Waals surface area (Å²) in [5.74, 6) is 1.51. The Bertz CT molecular complexity index is 964. The average Bonchev–Trinajstić information content (AvgIpc) is 3.13. The highest BCUT2D eigenvalue weighted by Gasteiger charge is 2.19. The molecule has 0 saturated carbocycles. The Balaban J connectivity index is 1.72. The summed E-state index contributed by atoms with van der Waals surface area (Å²) in [4.78, 5) is 40.9. The number of aryl methyl sites for hydroxylation is 3. The Morgan fingerprint density at radius 1 is 1.25 bits per heavy atom. The molecule has 1 unspecified atom stereocenters. The fraction of sp³-hybridized carbons (Fsp3) is 0.400. The molecule has 2 amide bonds. The first-order valence-corrected chi connectivity index (χ1v) is 10.3. The van der Waals surface area contributed by atoms with Gasteiger partial charge in [0.25, 0.3) is 5.91 Å². The van der Waals surface area contributed by atoms with Crippen LogP contribution in [0.2, 0.25) is 0 Å². The first-order valence-electron chi connectivity index (χ1n) is 9.17. The molecule has 0 aliphatic carbocycles. The average molecular weight is 401 g/mol. The van der Waals surface area contributed by atoms with Gasteiger partial charge in [0.15, 0.2) is 0 Å². The first kappa shape index (κ1) is 20.1. The van der Waals surface area contributed by atoms with E-state index in [1.807, 2.05) is 18.7 Å². The summed E-state index contributed by atoms with van der Waals surface area (Å²) in [5.41, 5.74) is 2.74. The van der Waals surface area contributed by atoms with Crippen molar-refractivity contribution in [1.82, 2.24) is 14.9 Å². The van der Waals surface area contributed by atoms with Gasteiger partial charge in [-0.15, -0.1) is 0 Å². The fourth-order valence-corrected chi connectivity index (χ4v) is 4.27. The number of hydrogen-bond acceptors (Lipinski definition) is 5. The van der Waals surface area contributed by atoms with Crippen LogP contribution in [0.4, 0.5) is 5.69 Å². The van der Waals surface area contributed by atoms with E-state index in [4.69, 9.17) is 0 Å². The van der Waals surface area contributed by atoms with Crippen molar-refractivity contribution in [2.75, 3.05) is 16.8 Å². The summed E-state index contributed by atoms with van der Waals surface area (Å²) in [7, 11) is 0. The molecule has 3 rings (SSSR count). The van der Waals surface area contributed by atoms with Crippen molar-refractivity contribution < 1.29 is 9.59 Å². The highest BCUT2D eigenvalue weighted by atomic mass is 32.2. The molecule has 1 aliphatic rings. The van der Waals surface area contributed by atoms with E-state index in [1.54, 1.807) is 38.1 Å². The number of anilines is 1. The van der Waals surface area contributed by atoms with Gasteiger partial charge < -0.3 is 10.6 Å². The van der Waals surface area contributed by atoms with Crippen LogP contribution in [-0.4, -0.2) is 38.9 Å². The highest BCUT2D eigenvalue weighted by Crippen LogP contribution is 2.20. The summed E-state index contributed by atoms with van der Waals surface area (Å²) in [6.45, 7) is 5.23. The molecule has 1 aliphatic heterocycles. The summed E-state index contributed by atoms with van der Waals surface area (Å²) >= 11 is 1.83. The molecule has 1 atom stereocenters. The Kier molecular flexibility index (Phi) is 6.18. The second-order valence-electron chi connectivity index (χ2n) is 7.02. The maximum atomic E-state index is 12.5. The Morgan fingerprint density at radius 2 is 2.04 bits per heavy atom. The second kappa shape index (κ2) is 8.60. The Hall–Kier alpha value is -2.61. The van der Waals surface area contributed by atoms with Gasteiger partial charge in [-0.25, -0.2) is 4.79 Å². The normalized spacial score (nSPS) is 16.0. The van der Waals surface area contributed by atoms with Crippen molar-refractivity contribution in [1.29, 1.82) is 0 Å². The quantitative estimate of drug-likeness (QED) is 0.801. The van der Waals surface area contributed by atoms with Gasteiger partial charge in [-0.2, -0.15) is 16.7 Å². The number of carbonyl (C=O) groups excluding carboxylic acids is 2. The van der Waals surface area contributed by atoms with Crippen molar-refractivity contribution in [2.45, 2.75) is 39.8 Å². The minimum atomic E-state index is -0.452. The molecule has 0 radical (unpaired) electrons. The minimum Gasteiger partial charge on any atom is -0.348 e. The number of nitrogens with one attached hydrogen (secondary N) is 2. The lowest BCUT2D eigenvalue weighted by molar-refractivity contribution is -0.116. The summed E-state index contributed by atoms with van der Waals surface area (Å²) in [6.07, 6.45) is 0.977. The number of nitrogens with zero attached hydrogens (tertiary/aromatic N) is 2. The Labute approximate surface area is 167 Å². The van der Waals surface area contributed by atoms with Gasteiger partial charge in [0, 0.05) is 34.4 Å². The van der Waals surface area contributed by atoms with E-state index in [1.165, 1.54) is 4.57 Å². The van der Waals surface area contributed by atoms with Gasteiger partial charge >= 0.3 is 5.69 Å². The van der Waals surface area contributed by atoms with Crippen molar-refractivity contribution in [3.05, 3.63) is 57.3 Å².